The molecule has 0 aliphatic carbocycles. The standard InChI is InChI=1S/C12H23N3O2S/c1-4-18(16,17)9-8-15-11(3)12(6-5-7-13)10(2)14-15/h4-9,13H2,1-3H3. The first-order chi connectivity index (χ1) is 8.41. The minimum absolute atomic E-state index is 0.155. The molecule has 0 radical (unpaired) electrons. The van der Waals surface area contributed by atoms with E-state index in [9.17, 15) is 8.42 Å². The highest BCUT2D eigenvalue weighted by atomic mass is 32.2. The summed E-state index contributed by atoms with van der Waals surface area (Å²) in [4.78, 5) is 0. The lowest BCUT2D eigenvalue weighted by Crippen LogP contribution is -2.16. The van der Waals surface area contributed by atoms with Crippen LogP contribution in [0.3, 0.4) is 0 Å². The van der Waals surface area contributed by atoms with Crippen molar-refractivity contribution < 1.29 is 8.42 Å². The van der Waals surface area contributed by atoms with Crippen LogP contribution in [-0.4, -0.2) is 36.2 Å². The third kappa shape index (κ3) is 3.81. The fraction of sp³-hybridized carbons (Fsp3) is 0.750. The predicted octanol–water partition coefficient (Wildman–Crippen LogP) is 0.826. The molecule has 0 saturated carbocycles. The van der Waals surface area contributed by atoms with Crippen LogP contribution < -0.4 is 5.73 Å². The van der Waals surface area contributed by atoms with Gasteiger partial charge in [0.2, 0.25) is 0 Å². The summed E-state index contributed by atoms with van der Waals surface area (Å²) in [5.41, 5.74) is 8.76. The van der Waals surface area contributed by atoms with Crippen LogP contribution in [0.2, 0.25) is 0 Å². The largest absolute Gasteiger partial charge is 0.330 e. The second-order valence-electron chi connectivity index (χ2n) is 4.50. The van der Waals surface area contributed by atoms with Crippen molar-refractivity contribution in [1.82, 2.24) is 9.78 Å². The average molecular weight is 273 g/mol. The van der Waals surface area contributed by atoms with Crippen LogP contribution in [0.5, 0.6) is 0 Å². The summed E-state index contributed by atoms with van der Waals surface area (Å²) >= 11 is 0. The zero-order chi connectivity index (χ0) is 13.8. The molecule has 1 aromatic heterocycles. The molecule has 0 aliphatic rings. The van der Waals surface area contributed by atoms with Gasteiger partial charge in [0, 0.05) is 11.4 Å². The van der Waals surface area contributed by atoms with Gasteiger partial charge in [-0.05, 0) is 38.8 Å². The molecule has 6 heteroatoms. The lowest BCUT2D eigenvalue weighted by Gasteiger charge is -2.05. The number of aromatic nitrogens is 2. The Morgan fingerprint density at radius 3 is 2.56 bits per heavy atom. The van der Waals surface area contributed by atoms with E-state index in [1.54, 1.807) is 11.6 Å². The summed E-state index contributed by atoms with van der Waals surface area (Å²) in [6, 6.07) is 0. The molecule has 1 aromatic rings. The van der Waals surface area contributed by atoms with E-state index in [1.165, 1.54) is 5.56 Å². The third-order valence-electron chi connectivity index (χ3n) is 3.22. The molecule has 1 heterocycles. The number of rotatable bonds is 7. The fourth-order valence-electron chi connectivity index (χ4n) is 1.96. The van der Waals surface area contributed by atoms with Crippen molar-refractivity contribution in [2.45, 2.75) is 40.2 Å². The molecule has 5 nitrogen and oxygen atoms in total. The summed E-state index contributed by atoms with van der Waals surface area (Å²) in [5, 5.41) is 4.41. The smallest absolute Gasteiger partial charge is 0.151 e. The normalized spacial score (nSPS) is 12.0. The Kier molecular flexibility index (Phi) is 5.34. The molecule has 0 saturated heterocycles. The number of hydrogen-bond acceptors (Lipinski definition) is 4. The minimum Gasteiger partial charge on any atom is -0.330 e. The van der Waals surface area contributed by atoms with Gasteiger partial charge in [-0.25, -0.2) is 8.42 Å². The maximum absolute atomic E-state index is 11.5. The molecule has 18 heavy (non-hydrogen) atoms. The van der Waals surface area contributed by atoms with Gasteiger partial charge >= 0.3 is 0 Å². The summed E-state index contributed by atoms with van der Waals surface area (Å²) in [5.74, 6) is 0.341. The van der Waals surface area contributed by atoms with E-state index in [2.05, 4.69) is 5.10 Å². The Balaban J connectivity index is 2.79. The van der Waals surface area contributed by atoms with Crippen LogP contribution in [0.25, 0.3) is 0 Å². The summed E-state index contributed by atoms with van der Waals surface area (Å²) < 4.78 is 24.8. The monoisotopic (exact) mass is 273 g/mol. The highest BCUT2D eigenvalue weighted by Gasteiger charge is 2.13. The molecule has 0 atom stereocenters. The van der Waals surface area contributed by atoms with Crippen LogP contribution >= 0.6 is 0 Å². The van der Waals surface area contributed by atoms with Gasteiger partial charge in [-0.3, -0.25) is 4.68 Å². The molecule has 0 unspecified atom stereocenters. The quantitative estimate of drug-likeness (QED) is 0.798. The SMILES string of the molecule is CCS(=O)(=O)CCn1nc(C)c(CCCN)c1C. The van der Waals surface area contributed by atoms with Gasteiger partial charge in [-0.15, -0.1) is 0 Å². The first kappa shape index (κ1) is 15.2. The number of nitrogens with zero attached hydrogens (tertiary/aromatic N) is 2. The Labute approximate surface area is 109 Å². The summed E-state index contributed by atoms with van der Waals surface area (Å²) in [6.07, 6.45) is 1.84. The maximum atomic E-state index is 11.5. The summed E-state index contributed by atoms with van der Waals surface area (Å²) in [6.45, 7) is 6.72. The third-order valence-corrected chi connectivity index (χ3v) is 4.90. The van der Waals surface area contributed by atoms with Gasteiger partial charge in [0.05, 0.1) is 18.0 Å². The molecule has 0 aromatic carbocycles. The van der Waals surface area contributed by atoms with Gasteiger partial charge in [-0.2, -0.15) is 5.10 Å². The number of sulfone groups is 1. The Morgan fingerprint density at radius 1 is 1.33 bits per heavy atom. The van der Waals surface area contributed by atoms with Crippen LogP contribution in [0, 0.1) is 13.8 Å². The number of nitrogens with two attached hydrogens (primary N) is 1. The van der Waals surface area contributed by atoms with Crippen LogP contribution in [0.15, 0.2) is 0 Å². The predicted molar refractivity (Wildman–Crippen MR) is 73.4 cm³/mol. The van der Waals surface area contributed by atoms with E-state index in [-0.39, 0.29) is 11.5 Å². The zero-order valence-electron chi connectivity index (χ0n) is 11.4. The highest BCUT2D eigenvalue weighted by Crippen LogP contribution is 2.15. The van der Waals surface area contributed by atoms with Crippen molar-refractivity contribution >= 4 is 9.84 Å². The minimum atomic E-state index is -2.94. The average Bonchev–Trinajstić information content (AvgIpc) is 2.60. The lowest BCUT2D eigenvalue weighted by atomic mass is 10.1. The molecule has 0 fully saturated rings. The molecule has 0 bridgehead atoms. The highest BCUT2D eigenvalue weighted by molar-refractivity contribution is 7.91. The van der Waals surface area contributed by atoms with Crippen molar-refractivity contribution in [3.05, 3.63) is 17.0 Å². The molecule has 1 rings (SSSR count). The Hall–Kier alpha value is -0.880. The maximum Gasteiger partial charge on any atom is 0.151 e. The van der Waals surface area contributed by atoms with E-state index >= 15 is 0 Å². The van der Waals surface area contributed by atoms with Crippen molar-refractivity contribution in [1.29, 1.82) is 0 Å². The number of hydrogen-bond donors (Lipinski definition) is 1. The second-order valence-corrected chi connectivity index (χ2v) is 6.97. The molecule has 0 aliphatic heterocycles. The molecule has 0 amide bonds. The van der Waals surface area contributed by atoms with Crippen molar-refractivity contribution in [3.63, 3.8) is 0 Å². The van der Waals surface area contributed by atoms with Gasteiger partial charge in [0.1, 0.15) is 0 Å². The lowest BCUT2D eigenvalue weighted by molar-refractivity contribution is 0.577. The van der Waals surface area contributed by atoms with E-state index < -0.39 is 9.84 Å². The van der Waals surface area contributed by atoms with Crippen LogP contribution in [-0.2, 0) is 22.8 Å². The van der Waals surface area contributed by atoms with Gasteiger partial charge < -0.3 is 5.73 Å². The molecule has 104 valence electrons. The first-order valence-corrected chi connectivity index (χ1v) is 8.16. The Morgan fingerprint density at radius 2 is 2.00 bits per heavy atom. The van der Waals surface area contributed by atoms with Gasteiger partial charge in [0.25, 0.3) is 0 Å². The van der Waals surface area contributed by atoms with Crippen molar-refractivity contribution in [3.8, 4) is 0 Å². The van der Waals surface area contributed by atoms with Gasteiger partial charge in [0.15, 0.2) is 9.84 Å². The van der Waals surface area contributed by atoms with Crippen LogP contribution in [0.4, 0.5) is 0 Å². The topological polar surface area (TPSA) is 78.0 Å². The van der Waals surface area contributed by atoms with E-state index in [0.29, 0.717) is 13.1 Å². The second kappa shape index (κ2) is 6.33. The van der Waals surface area contributed by atoms with Crippen LogP contribution in [0.1, 0.15) is 30.3 Å². The molecular formula is C12H23N3O2S. The zero-order valence-corrected chi connectivity index (χ0v) is 12.3. The number of aryl methyl sites for hydroxylation is 2. The summed E-state index contributed by atoms with van der Waals surface area (Å²) in [7, 11) is -2.94. The van der Waals surface area contributed by atoms with Gasteiger partial charge in [-0.1, -0.05) is 6.92 Å². The molecular weight excluding hydrogens is 250 g/mol. The van der Waals surface area contributed by atoms with Crippen molar-refractivity contribution in [2.24, 2.45) is 5.73 Å². The molecule has 0 spiro atoms. The fourth-order valence-corrected chi connectivity index (χ4v) is 2.70. The molecule has 2 N–H and O–H groups in total. The first-order valence-electron chi connectivity index (χ1n) is 6.34. The van der Waals surface area contributed by atoms with E-state index in [0.717, 1.165) is 24.2 Å². The van der Waals surface area contributed by atoms with Crippen molar-refractivity contribution in [2.75, 3.05) is 18.1 Å². The van der Waals surface area contributed by atoms with E-state index in [1.807, 2.05) is 13.8 Å². The Bertz CT molecular complexity index is 492. The van der Waals surface area contributed by atoms with E-state index in [4.69, 9.17) is 5.73 Å².